The predicted molar refractivity (Wildman–Crippen MR) is 99.7 cm³/mol. The van der Waals surface area contributed by atoms with Crippen molar-refractivity contribution < 1.29 is 9.53 Å². The van der Waals surface area contributed by atoms with E-state index in [2.05, 4.69) is 22.5 Å². The van der Waals surface area contributed by atoms with Crippen molar-refractivity contribution in [1.82, 2.24) is 10.3 Å². The molecule has 0 radical (unpaired) electrons. The molecule has 0 fully saturated rings. The van der Waals surface area contributed by atoms with Gasteiger partial charge in [-0.1, -0.05) is 42.7 Å². The summed E-state index contributed by atoms with van der Waals surface area (Å²) in [5.41, 5.74) is 0.750. The number of halogens is 1. The van der Waals surface area contributed by atoms with Crippen LogP contribution in [-0.4, -0.2) is 23.1 Å². The van der Waals surface area contributed by atoms with E-state index in [9.17, 15) is 4.79 Å². The summed E-state index contributed by atoms with van der Waals surface area (Å²) in [7, 11) is 1.57. The minimum atomic E-state index is -0.0817. The smallest absolute Gasteiger partial charge is 0.226 e. The summed E-state index contributed by atoms with van der Waals surface area (Å²) in [5, 5.41) is 6.95. The average Bonchev–Trinajstić information content (AvgIpc) is 2.87. The number of aromatic nitrogens is 1. The van der Waals surface area contributed by atoms with Crippen molar-refractivity contribution in [3.05, 3.63) is 17.2 Å². The highest BCUT2D eigenvalue weighted by Crippen LogP contribution is 2.34. The van der Waals surface area contributed by atoms with Crippen molar-refractivity contribution in [1.29, 1.82) is 0 Å². The fraction of sp³-hybridized carbons (Fsp3) is 0.400. The summed E-state index contributed by atoms with van der Waals surface area (Å²) < 4.78 is 6.11. The van der Waals surface area contributed by atoms with Crippen LogP contribution in [0.5, 0.6) is 5.75 Å². The lowest BCUT2D eigenvalue weighted by molar-refractivity contribution is -0.119. The Morgan fingerprint density at radius 1 is 1.43 bits per heavy atom. The van der Waals surface area contributed by atoms with Gasteiger partial charge in [0.2, 0.25) is 5.91 Å². The maximum Gasteiger partial charge on any atom is 0.226 e. The molecule has 0 aliphatic heterocycles. The standard InChI is InChI=1S/C15H18ClN3O2S2/c1-3-4-5-6-13(20)18-14(22)19-15-17-10-7-9(16)11(21-2)8-12(10)23-15/h7-8H,3-6H2,1-2H3,(H2,17,18,19,20,22). The van der Waals surface area contributed by atoms with E-state index in [-0.39, 0.29) is 11.0 Å². The number of anilines is 1. The average molecular weight is 372 g/mol. The first kappa shape index (κ1) is 17.9. The molecule has 0 saturated carbocycles. The molecule has 0 spiro atoms. The molecule has 0 bridgehead atoms. The third kappa shape index (κ3) is 5.02. The number of rotatable bonds is 6. The molecule has 1 aromatic heterocycles. The summed E-state index contributed by atoms with van der Waals surface area (Å²) in [5.74, 6) is 0.517. The number of carbonyl (C=O) groups is 1. The Kier molecular flexibility index (Phi) is 6.56. The van der Waals surface area contributed by atoms with Gasteiger partial charge in [0.15, 0.2) is 10.2 Å². The fourth-order valence-electron chi connectivity index (χ4n) is 1.99. The number of thiocarbonyl (C=S) groups is 1. The molecule has 2 aromatic rings. The quantitative estimate of drug-likeness (QED) is 0.583. The Morgan fingerprint density at radius 2 is 2.22 bits per heavy atom. The van der Waals surface area contributed by atoms with Gasteiger partial charge in [0.05, 0.1) is 22.3 Å². The topological polar surface area (TPSA) is 63.2 Å². The molecule has 2 N–H and O–H groups in total. The largest absolute Gasteiger partial charge is 0.495 e. The summed E-state index contributed by atoms with van der Waals surface area (Å²) in [6, 6.07) is 3.57. The molecular weight excluding hydrogens is 354 g/mol. The van der Waals surface area contributed by atoms with E-state index < -0.39 is 0 Å². The molecule has 0 saturated heterocycles. The van der Waals surface area contributed by atoms with Gasteiger partial charge in [-0.25, -0.2) is 4.98 Å². The van der Waals surface area contributed by atoms with Crippen LogP contribution in [0.15, 0.2) is 12.1 Å². The SMILES string of the molecule is CCCCCC(=O)NC(=S)Nc1nc2cc(Cl)c(OC)cc2s1. The molecule has 2 rings (SSSR count). The number of methoxy groups -OCH3 is 1. The van der Waals surface area contributed by atoms with Gasteiger partial charge >= 0.3 is 0 Å². The zero-order chi connectivity index (χ0) is 16.8. The van der Waals surface area contributed by atoms with Crippen molar-refractivity contribution in [3.63, 3.8) is 0 Å². The van der Waals surface area contributed by atoms with Gasteiger partial charge in [-0.15, -0.1) is 0 Å². The Labute approximate surface area is 149 Å². The third-order valence-electron chi connectivity index (χ3n) is 3.14. The van der Waals surface area contributed by atoms with E-state index in [0.717, 1.165) is 29.5 Å². The van der Waals surface area contributed by atoms with Crippen LogP contribution in [0.2, 0.25) is 5.02 Å². The van der Waals surface area contributed by atoms with Crippen LogP contribution in [0, 0.1) is 0 Å². The monoisotopic (exact) mass is 371 g/mol. The highest BCUT2D eigenvalue weighted by atomic mass is 35.5. The van der Waals surface area contributed by atoms with Crippen LogP contribution in [0.1, 0.15) is 32.6 Å². The van der Waals surface area contributed by atoms with E-state index in [1.54, 1.807) is 13.2 Å². The van der Waals surface area contributed by atoms with Gasteiger partial charge in [0.25, 0.3) is 0 Å². The second-order valence-electron chi connectivity index (χ2n) is 4.93. The molecule has 1 aromatic carbocycles. The van der Waals surface area contributed by atoms with E-state index in [4.69, 9.17) is 28.6 Å². The van der Waals surface area contributed by atoms with Gasteiger partial charge in [0, 0.05) is 12.5 Å². The molecule has 124 valence electrons. The molecule has 0 aliphatic carbocycles. The first-order valence-electron chi connectivity index (χ1n) is 7.28. The van der Waals surface area contributed by atoms with Gasteiger partial charge in [-0.3, -0.25) is 4.79 Å². The van der Waals surface area contributed by atoms with Crippen LogP contribution in [-0.2, 0) is 4.79 Å². The normalized spacial score (nSPS) is 10.6. The van der Waals surface area contributed by atoms with Crippen molar-refractivity contribution >= 4 is 61.5 Å². The Morgan fingerprint density at radius 3 is 2.91 bits per heavy atom. The molecule has 1 heterocycles. The van der Waals surface area contributed by atoms with Gasteiger partial charge in [-0.2, -0.15) is 0 Å². The molecule has 23 heavy (non-hydrogen) atoms. The van der Waals surface area contributed by atoms with E-state index >= 15 is 0 Å². The van der Waals surface area contributed by atoms with Crippen molar-refractivity contribution in [2.45, 2.75) is 32.6 Å². The van der Waals surface area contributed by atoms with Crippen molar-refractivity contribution in [2.75, 3.05) is 12.4 Å². The van der Waals surface area contributed by atoms with E-state index in [1.807, 2.05) is 6.07 Å². The summed E-state index contributed by atoms with van der Waals surface area (Å²) in [4.78, 5) is 16.1. The van der Waals surface area contributed by atoms with Crippen LogP contribution >= 0.6 is 35.2 Å². The number of unbranched alkanes of at least 4 members (excludes halogenated alkanes) is 2. The van der Waals surface area contributed by atoms with Crippen LogP contribution < -0.4 is 15.4 Å². The summed E-state index contributed by atoms with van der Waals surface area (Å²) in [6.45, 7) is 2.10. The first-order valence-corrected chi connectivity index (χ1v) is 8.88. The van der Waals surface area contributed by atoms with Crippen LogP contribution in [0.3, 0.4) is 0 Å². The van der Waals surface area contributed by atoms with Crippen LogP contribution in [0.25, 0.3) is 10.2 Å². The number of carbonyl (C=O) groups excluding carboxylic acids is 1. The number of hydrogen-bond donors (Lipinski definition) is 2. The lowest BCUT2D eigenvalue weighted by Crippen LogP contribution is -2.33. The van der Waals surface area contributed by atoms with Gasteiger partial charge < -0.3 is 15.4 Å². The lowest BCUT2D eigenvalue weighted by Gasteiger charge is -2.06. The number of fused-ring (bicyclic) bond motifs is 1. The Hall–Kier alpha value is -1.44. The summed E-state index contributed by atoms with van der Waals surface area (Å²) >= 11 is 12.6. The highest BCUT2D eigenvalue weighted by molar-refractivity contribution is 7.80. The Balaban J connectivity index is 1.98. The number of benzene rings is 1. The number of nitrogens with zero attached hydrogens (tertiary/aromatic N) is 1. The second kappa shape index (κ2) is 8.42. The predicted octanol–water partition coefficient (Wildman–Crippen LogP) is 4.35. The summed E-state index contributed by atoms with van der Waals surface area (Å²) in [6.07, 6.45) is 3.45. The number of ether oxygens (including phenoxy) is 1. The number of thiazole rings is 1. The van der Waals surface area contributed by atoms with Gasteiger partial charge in [-0.05, 0) is 24.7 Å². The Bertz CT molecular complexity index is 718. The van der Waals surface area contributed by atoms with Gasteiger partial charge in [0.1, 0.15) is 5.75 Å². The van der Waals surface area contributed by atoms with E-state index in [1.165, 1.54) is 11.3 Å². The molecule has 0 unspecified atom stereocenters. The second-order valence-corrected chi connectivity index (χ2v) is 6.78. The molecule has 0 aliphatic rings. The minimum absolute atomic E-state index is 0.0817. The maximum atomic E-state index is 11.7. The fourth-order valence-corrected chi connectivity index (χ4v) is 3.38. The molecule has 0 atom stereocenters. The lowest BCUT2D eigenvalue weighted by atomic mass is 10.2. The molecule has 8 heteroatoms. The first-order chi connectivity index (χ1) is 11.0. The van der Waals surface area contributed by atoms with Crippen molar-refractivity contribution in [3.8, 4) is 5.75 Å². The minimum Gasteiger partial charge on any atom is -0.495 e. The van der Waals surface area contributed by atoms with Crippen LogP contribution in [0.4, 0.5) is 5.13 Å². The molecule has 5 nitrogen and oxygen atoms in total. The zero-order valence-electron chi connectivity index (χ0n) is 12.9. The highest BCUT2D eigenvalue weighted by Gasteiger charge is 2.11. The van der Waals surface area contributed by atoms with Crippen molar-refractivity contribution in [2.24, 2.45) is 0 Å². The number of nitrogens with one attached hydrogen (secondary N) is 2. The third-order valence-corrected chi connectivity index (χ3v) is 4.58. The van der Waals surface area contributed by atoms with E-state index in [0.29, 0.717) is 22.3 Å². The zero-order valence-corrected chi connectivity index (χ0v) is 15.3. The number of amides is 1. The maximum absolute atomic E-state index is 11.7. The number of hydrogen-bond acceptors (Lipinski definition) is 5. The molecule has 1 amide bonds. The molecular formula is C15H18ClN3O2S2.